The summed E-state index contributed by atoms with van der Waals surface area (Å²) in [6, 6.07) is 10.5. The lowest BCUT2D eigenvalue weighted by Crippen LogP contribution is -2.25. The normalized spacial score (nSPS) is 14.8. The average molecular weight is 358 g/mol. The number of nitrogens with zero attached hydrogens (tertiary/aromatic N) is 3. The lowest BCUT2D eigenvalue weighted by atomic mass is 10.3. The SMILES string of the molecule is COc1cccc(S(=O)(=O)NCc2nc3cccnc3n2C2CC2)c1. The Balaban J connectivity index is 1.62. The molecule has 7 nitrogen and oxygen atoms in total. The summed E-state index contributed by atoms with van der Waals surface area (Å²) >= 11 is 0. The van der Waals surface area contributed by atoms with Gasteiger partial charge in [-0.3, -0.25) is 0 Å². The fourth-order valence-electron chi connectivity index (χ4n) is 2.83. The largest absolute Gasteiger partial charge is 0.497 e. The molecule has 0 spiro atoms. The van der Waals surface area contributed by atoms with E-state index in [2.05, 4.69) is 14.7 Å². The van der Waals surface area contributed by atoms with Crippen LogP contribution in [0, 0.1) is 0 Å². The van der Waals surface area contributed by atoms with E-state index in [4.69, 9.17) is 4.74 Å². The van der Waals surface area contributed by atoms with Crippen LogP contribution in [0.25, 0.3) is 11.2 Å². The number of aromatic nitrogens is 3. The van der Waals surface area contributed by atoms with Crippen molar-refractivity contribution in [3.63, 3.8) is 0 Å². The highest BCUT2D eigenvalue weighted by molar-refractivity contribution is 7.89. The monoisotopic (exact) mass is 358 g/mol. The van der Waals surface area contributed by atoms with Crippen molar-refractivity contribution in [1.29, 1.82) is 0 Å². The van der Waals surface area contributed by atoms with E-state index >= 15 is 0 Å². The minimum Gasteiger partial charge on any atom is -0.497 e. The van der Waals surface area contributed by atoms with Crippen molar-refractivity contribution >= 4 is 21.2 Å². The summed E-state index contributed by atoms with van der Waals surface area (Å²) in [5, 5.41) is 0. The Kier molecular flexibility index (Phi) is 3.93. The second-order valence-electron chi connectivity index (χ2n) is 5.98. The number of hydrogen-bond donors (Lipinski definition) is 1. The van der Waals surface area contributed by atoms with Crippen LogP contribution in [0.3, 0.4) is 0 Å². The molecule has 2 heterocycles. The summed E-state index contributed by atoms with van der Waals surface area (Å²) in [5.41, 5.74) is 1.59. The van der Waals surface area contributed by atoms with Crippen LogP contribution in [0.2, 0.25) is 0 Å². The number of pyridine rings is 1. The molecular formula is C17H18N4O3S. The predicted octanol–water partition coefficient (Wildman–Crippen LogP) is 2.25. The van der Waals surface area contributed by atoms with E-state index in [0.29, 0.717) is 17.6 Å². The number of imidazole rings is 1. The van der Waals surface area contributed by atoms with Crippen LogP contribution in [0.4, 0.5) is 0 Å². The third-order valence-corrected chi connectivity index (χ3v) is 5.60. The molecule has 25 heavy (non-hydrogen) atoms. The second kappa shape index (κ2) is 6.12. The van der Waals surface area contributed by atoms with E-state index in [1.807, 2.05) is 16.7 Å². The molecule has 4 rings (SSSR count). The maximum Gasteiger partial charge on any atom is 0.241 e. The molecule has 0 radical (unpaired) electrons. The van der Waals surface area contributed by atoms with Gasteiger partial charge in [0.1, 0.15) is 17.1 Å². The van der Waals surface area contributed by atoms with Crippen molar-refractivity contribution in [2.24, 2.45) is 0 Å². The second-order valence-corrected chi connectivity index (χ2v) is 7.75. The maximum atomic E-state index is 12.6. The van der Waals surface area contributed by atoms with Gasteiger partial charge in [0.25, 0.3) is 0 Å². The van der Waals surface area contributed by atoms with E-state index in [1.165, 1.54) is 19.2 Å². The number of ether oxygens (including phenoxy) is 1. The van der Waals surface area contributed by atoms with Gasteiger partial charge in [-0.2, -0.15) is 0 Å². The quantitative estimate of drug-likeness (QED) is 0.730. The number of methoxy groups -OCH3 is 1. The molecule has 0 bridgehead atoms. The van der Waals surface area contributed by atoms with Crippen LogP contribution in [0.5, 0.6) is 5.75 Å². The molecule has 1 aliphatic carbocycles. The van der Waals surface area contributed by atoms with E-state index in [-0.39, 0.29) is 11.4 Å². The van der Waals surface area contributed by atoms with Gasteiger partial charge in [0, 0.05) is 18.3 Å². The van der Waals surface area contributed by atoms with Gasteiger partial charge in [0.15, 0.2) is 5.65 Å². The van der Waals surface area contributed by atoms with Crippen molar-refractivity contribution in [3.05, 3.63) is 48.4 Å². The molecule has 0 unspecified atom stereocenters. The van der Waals surface area contributed by atoms with Crippen molar-refractivity contribution in [2.45, 2.75) is 30.3 Å². The molecule has 1 aliphatic rings. The smallest absolute Gasteiger partial charge is 0.241 e. The highest BCUT2D eigenvalue weighted by Crippen LogP contribution is 2.38. The number of benzene rings is 1. The Morgan fingerprint density at radius 1 is 1.28 bits per heavy atom. The molecule has 3 aromatic rings. The number of sulfonamides is 1. The number of rotatable bonds is 6. The minimum atomic E-state index is -3.65. The average Bonchev–Trinajstić information content (AvgIpc) is 3.40. The topological polar surface area (TPSA) is 86.1 Å². The van der Waals surface area contributed by atoms with Gasteiger partial charge in [0.2, 0.25) is 10.0 Å². The van der Waals surface area contributed by atoms with E-state index in [1.54, 1.807) is 18.3 Å². The van der Waals surface area contributed by atoms with Gasteiger partial charge in [-0.1, -0.05) is 6.07 Å². The highest BCUT2D eigenvalue weighted by atomic mass is 32.2. The zero-order valence-corrected chi connectivity index (χ0v) is 14.5. The van der Waals surface area contributed by atoms with Gasteiger partial charge >= 0.3 is 0 Å². The third kappa shape index (κ3) is 3.10. The Bertz CT molecular complexity index is 1030. The van der Waals surface area contributed by atoms with E-state index in [9.17, 15) is 8.42 Å². The van der Waals surface area contributed by atoms with Gasteiger partial charge in [-0.15, -0.1) is 0 Å². The van der Waals surface area contributed by atoms with Crippen molar-refractivity contribution in [2.75, 3.05) is 7.11 Å². The summed E-state index contributed by atoms with van der Waals surface area (Å²) in [6.45, 7) is 0.117. The Morgan fingerprint density at radius 3 is 2.88 bits per heavy atom. The molecule has 0 aliphatic heterocycles. The molecule has 1 saturated carbocycles. The van der Waals surface area contributed by atoms with Crippen molar-refractivity contribution < 1.29 is 13.2 Å². The predicted molar refractivity (Wildman–Crippen MR) is 92.8 cm³/mol. The van der Waals surface area contributed by atoms with Crippen LogP contribution in [-0.4, -0.2) is 30.1 Å². The summed E-state index contributed by atoms with van der Waals surface area (Å²) < 4.78 is 34.9. The minimum absolute atomic E-state index is 0.117. The Morgan fingerprint density at radius 2 is 2.12 bits per heavy atom. The van der Waals surface area contributed by atoms with Gasteiger partial charge in [-0.25, -0.2) is 23.1 Å². The lowest BCUT2D eigenvalue weighted by molar-refractivity contribution is 0.413. The first-order valence-electron chi connectivity index (χ1n) is 8.04. The number of fused-ring (bicyclic) bond motifs is 1. The molecule has 0 saturated heterocycles. The fraction of sp³-hybridized carbons (Fsp3) is 0.294. The molecule has 0 amide bonds. The Hall–Kier alpha value is -2.45. The van der Waals surface area contributed by atoms with Crippen LogP contribution in [0.1, 0.15) is 24.7 Å². The fourth-order valence-corrected chi connectivity index (χ4v) is 3.84. The first-order chi connectivity index (χ1) is 12.1. The molecule has 8 heteroatoms. The van der Waals surface area contributed by atoms with Crippen LogP contribution in [-0.2, 0) is 16.6 Å². The zero-order chi connectivity index (χ0) is 17.4. The van der Waals surface area contributed by atoms with Crippen molar-refractivity contribution in [3.8, 4) is 5.75 Å². The summed E-state index contributed by atoms with van der Waals surface area (Å²) in [6.07, 6.45) is 3.86. The van der Waals surface area contributed by atoms with Gasteiger partial charge in [-0.05, 0) is 37.1 Å². The van der Waals surface area contributed by atoms with Crippen molar-refractivity contribution in [1.82, 2.24) is 19.3 Å². The molecule has 130 valence electrons. The maximum absolute atomic E-state index is 12.6. The highest BCUT2D eigenvalue weighted by Gasteiger charge is 2.29. The van der Waals surface area contributed by atoms with Crippen LogP contribution >= 0.6 is 0 Å². The standard InChI is InChI=1S/C17H18N4O3S/c1-24-13-4-2-5-14(10-13)25(22,23)19-11-16-20-15-6-3-9-18-17(15)21(16)12-7-8-12/h2-6,9-10,12,19H,7-8,11H2,1H3. The van der Waals surface area contributed by atoms with E-state index in [0.717, 1.165) is 24.0 Å². The molecule has 1 fully saturated rings. The first-order valence-corrected chi connectivity index (χ1v) is 9.52. The molecule has 2 aromatic heterocycles. The lowest BCUT2D eigenvalue weighted by Gasteiger charge is -2.10. The van der Waals surface area contributed by atoms with Gasteiger partial charge < -0.3 is 9.30 Å². The summed E-state index contributed by atoms with van der Waals surface area (Å²) in [7, 11) is -2.15. The van der Waals surface area contributed by atoms with Crippen LogP contribution < -0.4 is 9.46 Å². The molecular weight excluding hydrogens is 340 g/mol. The van der Waals surface area contributed by atoms with Gasteiger partial charge in [0.05, 0.1) is 18.6 Å². The van der Waals surface area contributed by atoms with Crippen LogP contribution in [0.15, 0.2) is 47.5 Å². The summed E-state index contributed by atoms with van der Waals surface area (Å²) in [5.74, 6) is 1.18. The van der Waals surface area contributed by atoms with E-state index < -0.39 is 10.0 Å². The Labute approximate surface area is 145 Å². The molecule has 1 N–H and O–H groups in total. The molecule has 1 aromatic carbocycles. The first kappa shape index (κ1) is 16.0. The zero-order valence-electron chi connectivity index (χ0n) is 13.7. The summed E-state index contributed by atoms with van der Waals surface area (Å²) in [4.78, 5) is 9.11. The third-order valence-electron chi connectivity index (χ3n) is 4.21. The number of nitrogens with one attached hydrogen (secondary N) is 1. The number of hydrogen-bond acceptors (Lipinski definition) is 5. The molecule has 0 atom stereocenters.